The van der Waals surface area contributed by atoms with Crippen molar-refractivity contribution in [1.82, 2.24) is 5.32 Å². The summed E-state index contributed by atoms with van der Waals surface area (Å²) in [7, 11) is 1.74. The Morgan fingerprint density at radius 3 is 2.76 bits per heavy atom. The molecule has 0 aromatic heterocycles. The summed E-state index contributed by atoms with van der Waals surface area (Å²) >= 11 is 0. The molecule has 94 valence electrons. The van der Waals surface area contributed by atoms with Crippen molar-refractivity contribution >= 4 is 0 Å². The Morgan fingerprint density at radius 1 is 1.41 bits per heavy atom. The molecule has 0 saturated heterocycles. The molecule has 1 unspecified atom stereocenters. The normalized spacial score (nSPS) is 17.6. The van der Waals surface area contributed by atoms with Crippen LogP contribution in [-0.4, -0.2) is 13.7 Å². The zero-order valence-electron chi connectivity index (χ0n) is 11.1. The number of hydrogen-bond acceptors (Lipinski definition) is 2. The number of methoxy groups -OCH3 is 1. The van der Waals surface area contributed by atoms with Crippen LogP contribution in [0.25, 0.3) is 0 Å². The topological polar surface area (TPSA) is 21.3 Å². The van der Waals surface area contributed by atoms with Crippen LogP contribution in [0.1, 0.15) is 43.4 Å². The van der Waals surface area contributed by atoms with Gasteiger partial charge in [-0.1, -0.05) is 24.1 Å². The SMILES string of the molecule is COc1ccc(C)cc1C(C)NCC1CCC1. The third kappa shape index (κ3) is 3.01. The zero-order chi connectivity index (χ0) is 12.3. The van der Waals surface area contributed by atoms with E-state index in [1.165, 1.54) is 30.4 Å². The molecule has 0 bridgehead atoms. The Bertz CT molecular complexity index is 371. The minimum atomic E-state index is 0.366. The maximum atomic E-state index is 5.43. The maximum absolute atomic E-state index is 5.43. The first-order chi connectivity index (χ1) is 8.20. The van der Waals surface area contributed by atoms with Crippen molar-refractivity contribution in [2.75, 3.05) is 13.7 Å². The van der Waals surface area contributed by atoms with Gasteiger partial charge in [0, 0.05) is 11.6 Å². The van der Waals surface area contributed by atoms with Crippen molar-refractivity contribution in [2.45, 2.75) is 39.2 Å². The zero-order valence-corrected chi connectivity index (χ0v) is 11.1. The first-order valence-corrected chi connectivity index (χ1v) is 6.58. The van der Waals surface area contributed by atoms with Crippen LogP contribution in [0.4, 0.5) is 0 Å². The van der Waals surface area contributed by atoms with Crippen molar-refractivity contribution in [3.63, 3.8) is 0 Å². The van der Waals surface area contributed by atoms with E-state index in [2.05, 4.69) is 37.4 Å². The molecule has 1 aliphatic rings. The van der Waals surface area contributed by atoms with Crippen molar-refractivity contribution in [3.8, 4) is 5.75 Å². The molecule has 1 aromatic carbocycles. The molecule has 0 radical (unpaired) electrons. The molecule has 1 N–H and O–H groups in total. The molecule has 2 nitrogen and oxygen atoms in total. The first-order valence-electron chi connectivity index (χ1n) is 6.58. The monoisotopic (exact) mass is 233 g/mol. The van der Waals surface area contributed by atoms with Crippen LogP contribution >= 0.6 is 0 Å². The predicted molar refractivity (Wildman–Crippen MR) is 71.5 cm³/mol. The first kappa shape index (κ1) is 12.4. The second kappa shape index (κ2) is 5.54. The summed E-state index contributed by atoms with van der Waals surface area (Å²) in [6.07, 6.45) is 4.20. The van der Waals surface area contributed by atoms with Gasteiger partial charge in [0.15, 0.2) is 0 Å². The van der Waals surface area contributed by atoms with Crippen LogP contribution in [0.15, 0.2) is 18.2 Å². The van der Waals surface area contributed by atoms with Gasteiger partial charge in [-0.2, -0.15) is 0 Å². The van der Waals surface area contributed by atoms with Gasteiger partial charge in [0.1, 0.15) is 5.75 Å². The van der Waals surface area contributed by atoms with E-state index in [1.54, 1.807) is 7.11 Å². The summed E-state index contributed by atoms with van der Waals surface area (Å²) in [6.45, 7) is 5.48. The van der Waals surface area contributed by atoms with E-state index >= 15 is 0 Å². The second-order valence-corrected chi connectivity index (χ2v) is 5.17. The van der Waals surface area contributed by atoms with E-state index < -0.39 is 0 Å². The number of benzene rings is 1. The van der Waals surface area contributed by atoms with E-state index in [9.17, 15) is 0 Å². The molecular formula is C15H23NO. The summed E-state index contributed by atoms with van der Waals surface area (Å²) in [5, 5.41) is 3.62. The van der Waals surface area contributed by atoms with E-state index in [0.717, 1.165) is 18.2 Å². The Morgan fingerprint density at radius 2 is 2.18 bits per heavy atom. The van der Waals surface area contributed by atoms with E-state index in [1.807, 2.05) is 0 Å². The number of ether oxygens (including phenoxy) is 1. The van der Waals surface area contributed by atoms with Crippen LogP contribution in [0.2, 0.25) is 0 Å². The Balaban J connectivity index is 2.00. The molecule has 1 aliphatic carbocycles. The molecular weight excluding hydrogens is 210 g/mol. The van der Waals surface area contributed by atoms with E-state index in [4.69, 9.17) is 4.74 Å². The van der Waals surface area contributed by atoms with E-state index in [-0.39, 0.29) is 0 Å². The smallest absolute Gasteiger partial charge is 0.123 e. The standard InChI is InChI=1S/C15H23NO/c1-11-7-8-15(17-3)14(9-11)12(2)16-10-13-5-4-6-13/h7-9,12-13,16H,4-6,10H2,1-3H3. The molecule has 17 heavy (non-hydrogen) atoms. The molecule has 1 aromatic rings. The van der Waals surface area contributed by atoms with Gasteiger partial charge in [-0.3, -0.25) is 0 Å². The quantitative estimate of drug-likeness (QED) is 0.841. The van der Waals surface area contributed by atoms with Crippen LogP contribution in [-0.2, 0) is 0 Å². The van der Waals surface area contributed by atoms with Crippen molar-refractivity contribution < 1.29 is 4.74 Å². The van der Waals surface area contributed by atoms with Crippen LogP contribution in [0, 0.1) is 12.8 Å². The Kier molecular flexibility index (Phi) is 4.06. The third-order valence-corrected chi connectivity index (χ3v) is 3.79. The van der Waals surface area contributed by atoms with Crippen LogP contribution in [0.5, 0.6) is 5.75 Å². The predicted octanol–water partition coefficient (Wildman–Crippen LogP) is 3.45. The Labute approximate surface area is 104 Å². The van der Waals surface area contributed by atoms with Crippen LogP contribution < -0.4 is 10.1 Å². The van der Waals surface area contributed by atoms with Gasteiger partial charge in [0.25, 0.3) is 0 Å². The van der Waals surface area contributed by atoms with Gasteiger partial charge in [0.05, 0.1) is 7.11 Å². The van der Waals surface area contributed by atoms with Gasteiger partial charge in [-0.05, 0) is 45.2 Å². The fourth-order valence-corrected chi connectivity index (χ4v) is 2.34. The van der Waals surface area contributed by atoms with Crippen molar-refractivity contribution in [1.29, 1.82) is 0 Å². The lowest BCUT2D eigenvalue weighted by Gasteiger charge is -2.28. The molecule has 0 heterocycles. The molecule has 1 atom stereocenters. The third-order valence-electron chi connectivity index (χ3n) is 3.79. The minimum absolute atomic E-state index is 0.366. The molecule has 1 saturated carbocycles. The average Bonchev–Trinajstić information content (AvgIpc) is 2.26. The Hall–Kier alpha value is -1.02. The molecule has 1 fully saturated rings. The maximum Gasteiger partial charge on any atom is 0.123 e. The highest BCUT2D eigenvalue weighted by Gasteiger charge is 2.19. The van der Waals surface area contributed by atoms with Crippen molar-refractivity contribution in [3.05, 3.63) is 29.3 Å². The van der Waals surface area contributed by atoms with Gasteiger partial charge < -0.3 is 10.1 Å². The van der Waals surface area contributed by atoms with E-state index in [0.29, 0.717) is 6.04 Å². The highest BCUT2D eigenvalue weighted by Crippen LogP contribution is 2.29. The number of aryl methyl sites for hydroxylation is 1. The van der Waals surface area contributed by atoms with Gasteiger partial charge in [0.2, 0.25) is 0 Å². The fourth-order valence-electron chi connectivity index (χ4n) is 2.34. The lowest BCUT2D eigenvalue weighted by molar-refractivity contribution is 0.291. The van der Waals surface area contributed by atoms with Crippen molar-refractivity contribution in [2.24, 2.45) is 5.92 Å². The summed E-state index contributed by atoms with van der Waals surface area (Å²) in [5.74, 6) is 1.89. The van der Waals surface area contributed by atoms with Gasteiger partial charge in [-0.25, -0.2) is 0 Å². The summed E-state index contributed by atoms with van der Waals surface area (Å²) in [4.78, 5) is 0. The number of nitrogens with one attached hydrogen (secondary N) is 1. The lowest BCUT2D eigenvalue weighted by Crippen LogP contribution is -2.29. The molecule has 0 aliphatic heterocycles. The minimum Gasteiger partial charge on any atom is -0.496 e. The summed E-state index contributed by atoms with van der Waals surface area (Å²) < 4.78 is 5.43. The van der Waals surface area contributed by atoms with Crippen LogP contribution in [0.3, 0.4) is 0 Å². The molecule has 0 spiro atoms. The molecule has 2 rings (SSSR count). The van der Waals surface area contributed by atoms with Gasteiger partial charge in [-0.15, -0.1) is 0 Å². The highest BCUT2D eigenvalue weighted by atomic mass is 16.5. The lowest BCUT2D eigenvalue weighted by atomic mass is 9.85. The molecule has 0 amide bonds. The summed E-state index contributed by atoms with van der Waals surface area (Å²) in [6, 6.07) is 6.75. The van der Waals surface area contributed by atoms with Gasteiger partial charge >= 0.3 is 0 Å². The number of rotatable bonds is 5. The second-order valence-electron chi connectivity index (χ2n) is 5.17. The highest BCUT2D eigenvalue weighted by molar-refractivity contribution is 5.38. The fraction of sp³-hybridized carbons (Fsp3) is 0.600. The largest absolute Gasteiger partial charge is 0.496 e. The molecule has 2 heteroatoms. The average molecular weight is 233 g/mol. The summed E-state index contributed by atoms with van der Waals surface area (Å²) in [5.41, 5.74) is 2.56. The number of hydrogen-bond donors (Lipinski definition) is 1.